The normalized spacial score (nSPS) is 10.2. The topological polar surface area (TPSA) is 35.5 Å². The van der Waals surface area contributed by atoms with E-state index >= 15 is 0 Å². The minimum absolute atomic E-state index is 0.142. The van der Waals surface area contributed by atoms with Crippen LogP contribution in [0, 0.1) is 19.7 Å². The number of carbonyl (C=O) groups is 1. The molecule has 0 aliphatic carbocycles. The van der Waals surface area contributed by atoms with Gasteiger partial charge in [-0.1, -0.05) is 17.2 Å². The Morgan fingerprint density at radius 3 is 2.24 bits per heavy atom. The van der Waals surface area contributed by atoms with Crippen molar-refractivity contribution in [3.63, 3.8) is 0 Å². The van der Waals surface area contributed by atoms with Crippen LogP contribution in [0.15, 0.2) is 42.5 Å². The second kappa shape index (κ2) is 6.88. The van der Waals surface area contributed by atoms with Crippen LogP contribution in [0.4, 0.5) is 4.39 Å². The van der Waals surface area contributed by atoms with Gasteiger partial charge in [-0.05, 0) is 50.2 Å². The van der Waals surface area contributed by atoms with E-state index in [2.05, 4.69) is 0 Å². The first-order valence-corrected chi connectivity index (χ1v) is 6.68. The second-order valence-corrected chi connectivity index (χ2v) is 4.81. The van der Waals surface area contributed by atoms with Crippen molar-refractivity contribution in [3.8, 4) is 5.75 Å². The molecule has 0 N–H and O–H groups in total. The highest BCUT2D eigenvalue weighted by atomic mass is 19.1. The zero-order valence-electron chi connectivity index (χ0n) is 12.1. The van der Waals surface area contributed by atoms with Gasteiger partial charge in [0.05, 0.1) is 5.56 Å². The molecule has 0 bridgehead atoms. The maximum absolute atomic E-state index is 12.7. The number of ether oxygens (including phenoxy) is 2. The molecule has 0 aromatic heterocycles. The molecule has 0 saturated heterocycles. The van der Waals surface area contributed by atoms with Gasteiger partial charge in [0.25, 0.3) is 0 Å². The largest absolute Gasteiger partial charge is 0.490 e. The summed E-state index contributed by atoms with van der Waals surface area (Å²) in [5.41, 5.74) is 2.57. The predicted octanol–water partition coefficient (Wildman–Crippen LogP) is 3.68. The third kappa shape index (κ3) is 4.60. The van der Waals surface area contributed by atoms with Crippen molar-refractivity contribution < 1.29 is 18.7 Å². The molecule has 0 atom stereocenters. The van der Waals surface area contributed by atoms with Crippen LogP contribution in [0.25, 0.3) is 0 Å². The van der Waals surface area contributed by atoms with Gasteiger partial charge >= 0.3 is 5.97 Å². The van der Waals surface area contributed by atoms with Gasteiger partial charge in [-0.25, -0.2) is 9.18 Å². The third-order valence-electron chi connectivity index (χ3n) is 2.86. The Morgan fingerprint density at radius 1 is 1.00 bits per heavy atom. The van der Waals surface area contributed by atoms with E-state index < -0.39 is 0 Å². The minimum atomic E-state index is -0.371. The molecule has 0 fully saturated rings. The number of halogens is 1. The molecule has 0 spiro atoms. The van der Waals surface area contributed by atoms with Crippen LogP contribution in [0.1, 0.15) is 21.5 Å². The van der Waals surface area contributed by atoms with E-state index in [-0.39, 0.29) is 25.0 Å². The first-order valence-electron chi connectivity index (χ1n) is 6.68. The quantitative estimate of drug-likeness (QED) is 0.622. The van der Waals surface area contributed by atoms with E-state index in [0.29, 0.717) is 11.3 Å². The lowest BCUT2D eigenvalue weighted by atomic mass is 10.1. The summed E-state index contributed by atoms with van der Waals surface area (Å²) >= 11 is 0. The Bertz CT molecular complexity index is 600. The Hall–Kier alpha value is -2.36. The maximum Gasteiger partial charge on any atom is 0.338 e. The number of hydrogen-bond donors (Lipinski definition) is 0. The summed E-state index contributed by atoms with van der Waals surface area (Å²) in [5.74, 6) is -0.146. The Morgan fingerprint density at radius 2 is 1.62 bits per heavy atom. The number of rotatable bonds is 5. The fourth-order valence-corrected chi connectivity index (χ4v) is 2.00. The molecule has 0 aliphatic rings. The van der Waals surface area contributed by atoms with Crippen LogP contribution < -0.4 is 4.74 Å². The minimum Gasteiger partial charge on any atom is -0.490 e. The van der Waals surface area contributed by atoms with E-state index in [9.17, 15) is 9.18 Å². The molecular formula is C17H17FO3. The van der Waals surface area contributed by atoms with Crippen LogP contribution in [0.5, 0.6) is 5.75 Å². The van der Waals surface area contributed by atoms with Crippen LogP contribution >= 0.6 is 0 Å². The number of aryl methyl sites for hydroxylation is 2. The number of esters is 1. The zero-order chi connectivity index (χ0) is 15.2. The van der Waals surface area contributed by atoms with Crippen molar-refractivity contribution in [1.82, 2.24) is 0 Å². The average molecular weight is 288 g/mol. The number of benzene rings is 2. The molecule has 2 rings (SSSR count). The molecule has 0 saturated carbocycles. The fraction of sp³-hybridized carbons (Fsp3) is 0.235. The second-order valence-electron chi connectivity index (χ2n) is 4.81. The molecule has 21 heavy (non-hydrogen) atoms. The van der Waals surface area contributed by atoms with Crippen molar-refractivity contribution in [2.45, 2.75) is 13.8 Å². The standard InChI is InChI=1S/C17H17FO3/c1-12-9-13(2)11-14(10-12)17(19)21-8-7-20-16-5-3-15(18)4-6-16/h3-6,9-11H,7-8H2,1-2H3. The predicted molar refractivity (Wildman–Crippen MR) is 78.1 cm³/mol. The Kier molecular flexibility index (Phi) is 4.93. The lowest BCUT2D eigenvalue weighted by Crippen LogP contribution is -2.12. The Labute approximate surface area is 123 Å². The lowest BCUT2D eigenvalue weighted by molar-refractivity contribution is 0.0450. The summed E-state index contributed by atoms with van der Waals surface area (Å²) in [4.78, 5) is 11.9. The van der Waals surface area contributed by atoms with Gasteiger partial charge in [-0.15, -0.1) is 0 Å². The van der Waals surface area contributed by atoms with E-state index in [0.717, 1.165) is 11.1 Å². The van der Waals surface area contributed by atoms with E-state index in [1.807, 2.05) is 19.9 Å². The SMILES string of the molecule is Cc1cc(C)cc(C(=O)OCCOc2ccc(F)cc2)c1. The van der Waals surface area contributed by atoms with E-state index in [1.165, 1.54) is 24.3 Å². The summed E-state index contributed by atoms with van der Waals surface area (Å²) in [7, 11) is 0. The highest BCUT2D eigenvalue weighted by molar-refractivity contribution is 5.89. The monoisotopic (exact) mass is 288 g/mol. The molecule has 0 unspecified atom stereocenters. The molecule has 110 valence electrons. The molecule has 2 aromatic rings. The van der Waals surface area contributed by atoms with Crippen LogP contribution in [0.3, 0.4) is 0 Å². The molecule has 0 aliphatic heterocycles. The summed E-state index contributed by atoms with van der Waals surface area (Å²) < 4.78 is 23.2. The van der Waals surface area contributed by atoms with Crippen molar-refractivity contribution in [2.75, 3.05) is 13.2 Å². The van der Waals surface area contributed by atoms with E-state index in [1.54, 1.807) is 12.1 Å². The van der Waals surface area contributed by atoms with Crippen LogP contribution in [-0.2, 0) is 4.74 Å². The van der Waals surface area contributed by atoms with Gasteiger partial charge in [-0.3, -0.25) is 0 Å². The van der Waals surface area contributed by atoms with E-state index in [4.69, 9.17) is 9.47 Å². The molecular weight excluding hydrogens is 271 g/mol. The average Bonchev–Trinajstić information content (AvgIpc) is 2.44. The Balaban J connectivity index is 1.80. The smallest absolute Gasteiger partial charge is 0.338 e. The van der Waals surface area contributed by atoms with Gasteiger partial charge in [-0.2, -0.15) is 0 Å². The molecule has 0 amide bonds. The summed E-state index contributed by atoms with van der Waals surface area (Å²) in [6.45, 7) is 4.23. The van der Waals surface area contributed by atoms with Gasteiger partial charge in [0.2, 0.25) is 0 Å². The molecule has 3 nitrogen and oxygen atoms in total. The van der Waals surface area contributed by atoms with Gasteiger partial charge < -0.3 is 9.47 Å². The molecule has 0 radical (unpaired) electrons. The van der Waals surface area contributed by atoms with Crippen molar-refractivity contribution in [3.05, 3.63) is 65.0 Å². The summed E-state index contributed by atoms with van der Waals surface area (Å²) in [6, 6.07) is 11.3. The fourth-order valence-electron chi connectivity index (χ4n) is 2.00. The lowest BCUT2D eigenvalue weighted by Gasteiger charge is -2.08. The third-order valence-corrected chi connectivity index (χ3v) is 2.86. The first-order chi connectivity index (χ1) is 10.0. The van der Waals surface area contributed by atoms with Crippen LogP contribution in [-0.4, -0.2) is 19.2 Å². The first kappa shape index (κ1) is 15.0. The van der Waals surface area contributed by atoms with Crippen molar-refractivity contribution in [2.24, 2.45) is 0 Å². The zero-order valence-corrected chi connectivity index (χ0v) is 12.1. The van der Waals surface area contributed by atoms with Gasteiger partial charge in [0.1, 0.15) is 24.8 Å². The number of carbonyl (C=O) groups excluding carboxylic acids is 1. The number of hydrogen-bond acceptors (Lipinski definition) is 3. The highest BCUT2D eigenvalue weighted by Crippen LogP contribution is 2.12. The van der Waals surface area contributed by atoms with Gasteiger partial charge in [0, 0.05) is 0 Å². The molecule has 0 heterocycles. The van der Waals surface area contributed by atoms with Crippen molar-refractivity contribution >= 4 is 5.97 Å². The highest BCUT2D eigenvalue weighted by Gasteiger charge is 2.08. The summed E-state index contributed by atoms with van der Waals surface area (Å²) in [5, 5.41) is 0. The maximum atomic E-state index is 12.7. The van der Waals surface area contributed by atoms with Crippen LogP contribution in [0.2, 0.25) is 0 Å². The van der Waals surface area contributed by atoms with Crippen molar-refractivity contribution in [1.29, 1.82) is 0 Å². The molecule has 2 aromatic carbocycles. The summed E-state index contributed by atoms with van der Waals surface area (Å²) in [6.07, 6.45) is 0. The molecule has 4 heteroatoms. The van der Waals surface area contributed by atoms with Gasteiger partial charge in [0.15, 0.2) is 0 Å².